The summed E-state index contributed by atoms with van der Waals surface area (Å²) < 4.78 is 5.50. The molecule has 0 aromatic carbocycles. The summed E-state index contributed by atoms with van der Waals surface area (Å²) in [4.78, 5) is 24.8. The van der Waals surface area contributed by atoms with Crippen LogP contribution in [0.25, 0.3) is 0 Å². The monoisotopic (exact) mass is 306 g/mol. The van der Waals surface area contributed by atoms with E-state index in [9.17, 15) is 4.79 Å². The van der Waals surface area contributed by atoms with Gasteiger partial charge in [-0.1, -0.05) is 0 Å². The van der Waals surface area contributed by atoms with Gasteiger partial charge in [-0.2, -0.15) is 0 Å². The predicted molar refractivity (Wildman–Crippen MR) is 86.0 cm³/mol. The molecule has 1 saturated heterocycles. The third-order valence-electron chi connectivity index (χ3n) is 3.61. The maximum Gasteiger partial charge on any atom is 0.410 e. The molecule has 22 heavy (non-hydrogen) atoms. The molecule has 0 spiro atoms. The summed E-state index contributed by atoms with van der Waals surface area (Å²) in [7, 11) is 1.96. The standard InChI is InChI=1S/C16H26N4O2/c1-12-8-9-17-14(18-12)19(5)11-13-7-6-10-20(13)15(21)22-16(2,3)4/h8-9,13H,6-7,10-11H2,1-5H3/t13-/m1/s1. The molecule has 0 N–H and O–H groups in total. The molecule has 1 aliphatic rings. The van der Waals surface area contributed by atoms with Gasteiger partial charge >= 0.3 is 6.09 Å². The third-order valence-corrected chi connectivity index (χ3v) is 3.61. The van der Waals surface area contributed by atoms with Crippen molar-refractivity contribution in [2.75, 3.05) is 25.0 Å². The lowest BCUT2D eigenvalue weighted by Gasteiger charge is -2.30. The van der Waals surface area contributed by atoms with E-state index >= 15 is 0 Å². The molecule has 1 atom stereocenters. The van der Waals surface area contributed by atoms with Crippen molar-refractivity contribution in [2.45, 2.75) is 52.2 Å². The Bertz CT molecular complexity index is 527. The molecule has 1 aromatic rings. The Kier molecular flexibility index (Phi) is 4.88. The topological polar surface area (TPSA) is 58.6 Å². The largest absolute Gasteiger partial charge is 0.444 e. The highest BCUT2D eigenvalue weighted by atomic mass is 16.6. The molecule has 6 heteroatoms. The van der Waals surface area contributed by atoms with Crippen LogP contribution < -0.4 is 4.90 Å². The lowest BCUT2D eigenvalue weighted by molar-refractivity contribution is 0.0231. The SMILES string of the molecule is Cc1ccnc(N(C)C[C@H]2CCCN2C(=O)OC(C)(C)C)n1. The van der Waals surface area contributed by atoms with Crippen molar-refractivity contribution in [1.29, 1.82) is 0 Å². The number of rotatable bonds is 3. The van der Waals surface area contributed by atoms with Crippen molar-refractivity contribution in [1.82, 2.24) is 14.9 Å². The molecule has 0 aliphatic carbocycles. The molecule has 1 amide bonds. The second-order valence-corrected chi connectivity index (χ2v) is 6.85. The molecule has 0 bridgehead atoms. The number of likely N-dealkylation sites (tertiary alicyclic amines) is 1. The average molecular weight is 306 g/mol. The third kappa shape index (κ3) is 4.32. The Morgan fingerprint density at radius 3 is 2.86 bits per heavy atom. The number of anilines is 1. The minimum absolute atomic E-state index is 0.143. The van der Waals surface area contributed by atoms with Gasteiger partial charge in [0, 0.05) is 32.0 Å². The predicted octanol–water partition coefficient (Wildman–Crippen LogP) is 2.62. The number of hydrogen-bond donors (Lipinski definition) is 0. The molecule has 1 aliphatic heterocycles. The number of carbonyl (C=O) groups is 1. The first-order chi connectivity index (χ1) is 10.3. The van der Waals surface area contributed by atoms with Crippen LogP contribution in [0.5, 0.6) is 0 Å². The molecule has 1 aromatic heterocycles. The first-order valence-electron chi connectivity index (χ1n) is 7.76. The first-order valence-corrected chi connectivity index (χ1v) is 7.76. The highest BCUT2D eigenvalue weighted by Crippen LogP contribution is 2.22. The molecular formula is C16H26N4O2. The molecule has 2 rings (SSSR count). The summed E-state index contributed by atoms with van der Waals surface area (Å²) in [5.74, 6) is 0.691. The summed E-state index contributed by atoms with van der Waals surface area (Å²) >= 11 is 0. The van der Waals surface area contributed by atoms with E-state index in [-0.39, 0.29) is 12.1 Å². The highest BCUT2D eigenvalue weighted by molar-refractivity contribution is 5.69. The van der Waals surface area contributed by atoms with E-state index in [0.717, 1.165) is 25.1 Å². The number of likely N-dealkylation sites (N-methyl/N-ethyl adjacent to an activating group) is 1. The average Bonchev–Trinajstić information content (AvgIpc) is 2.85. The van der Waals surface area contributed by atoms with Crippen LogP contribution in [-0.4, -0.2) is 52.7 Å². The number of carbonyl (C=O) groups excluding carboxylic acids is 1. The molecular weight excluding hydrogens is 280 g/mol. The number of amides is 1. The van der Waals surface area contributed by atoms with Gasteiger partial charge in [-0.3, -0.25) is 0 Å². The quantitative estimate of drug-likeness (QED) is 0.859. The van der Waals surface area contributed by atoms with Crippen LogP contribution in [0.3, 0.4) is 0 Å². The lowest BCUT2D eigenvalue weighted by atomic mass is 10.2. The van der Waals surface area contributed by atoms with Gasteiger partial charge in [0.15, 0.2) is 0 Å². The number of ether oxygens (including phenoxy) is 1. The van der Waals surface area contributed by atoms with Crippen molar-refractivity contribution in [3.63, 3.8) is 0 Å². The minimum atomic E-state index is -0.463. The van der Waals surface area contributed by atoms with Crippen LogP contribution in [0.1, 0.15) is 39.3 Å². The molecule has 6 nitrogen and oxygen atoms in total. The van der Waals surface area contributed by atoms with Crippen LogP contribution in [0.2, 0.25) is 0 Å². The van der Waals surface area contributed by atoms with Crippen LogP contribution >= 0.6 is 0 Å². The molecule has 0 unspecified atom stereocenters. The van der Waals surface area contributed by atoms with Gasteiger partial charge in [0.1, 0.15) is 5.60 Å². The van der Waals surface area contributed by atoms with Crippen LogP contribution in [0, 0.1) is 6.92 Å². The van der Waals surface area contributed by atoms with Gasteiger partial charge in [-0.15, -0.1) is 0 Å². The normalized spacial score (nSPS) is 18.4. The van der Waals surface area contributed by atoms with Gasteiger partial charge in [-0.25, -0.2) is 14.8 Å². The Morgan fingerprint density at radius 1 is 1.50 bits per heavy atom. The molecule has 2 heterocycles. The fraction of sp³-hybridized carbons (Fsp3) is 0.688. The molecule has 0 radical (unpaired) electrons. The molecule has 122 valence electrons. The maximum absolute atomic E-state index is 12.3. The van der Waals surface area contributed by atoms with E-state index in [1.807, 2.05) is 50.6 Å². The van der Waals surface area contributed by atoms with Gasteiger partial charge < -0.3 is 14.5 Å². The maximum atomic E-state index is 12.3. The Hall–Kier alpha value is -1.85. The van der Waals surface area contributed by atoms with E-state index in [1.165, 1.54) is 0 Å². The smallest absolute Gasteiger partial charge is 0.410 e. The Morgan fingerprint density at radius 2 is 2.23 bits per heavy atom. The van der Waals surface area contributed by atoms with Crippen LogP contribution in [0.4, 0.5) is 10.7 Å². The fourth-order valence-electron chi connectivity index (χ4n) is 2.60. The lowest BCUT2D eigenvalue weighted by Crippen LogP contribution is -2.44. The number of aryl methyl sites for hydroxylation is 1. The van der Waals surface area contributed by atoms with Gasteiger partial charge in [0.25, 0.3) is 0 Å². The van der Waals surface area contributed by atoms with Crippen molar-refractivity contribution < 1.29 is 9.53 Å². The Labute approximate surface area is 132 Å². The van der Waals surface area contributed by atoms with E-state index in [2.05, 4.69) is 9.97 Å². The van der Waals surface area contributed by atoms with Crippen LogP contribution in [0.15, 0.2) is 12.3 Å². The number of nitrogens with zero attached hydrogens (tertiary/aromatic N) is 4. The number of hydrogen-bond acceptors (Lipinski definition) is 5. The van der Waals surface area contributed by atoms with Crippen molar-refractivity contribution in [2.24, 2.45) is 0 Å². The second kappa shape index (κ2) is 6.50. The molecule has 1 fully saturated rings. The summed E-state index contributed by atoms with van der Waals surface area (Å²) in [6.07, 6.45) is 3.52. The van der Waals surface area contributed by atoms with E-state index in [4.69, 9.17) is 4.74 Å². The van der Waals surface area contributed by atoms with Crippen molar-refractivity contribution in [3.05, 3.63) is 18.0 Å². The summed E-state index contributed by atoms with van der Waals surface area (Å²) in [5.41, 5.74) is 0.475. The Balaban J connectivity index is 2.00. The summed E-state index contributed by atoms with van der Waals surface area (Å²) in [5, 5.41) is 0. The fourth-order valence-corrected chi connectivity index (χ4v) is 2.60. The highest BCUT2D eigenvalue weighted by Gasteiger charge is 2.33. The zero-order valence-corrected chi connectivity index (χ0v) is 14.2. The number of aromatic nitrogens is 2. The van der Waals surface area contributed by atoms with Gasteiger partial charge in [0.2, 0.25) is 5.95 Å². The van der Waals surface area contributed by atoms with E-state index in [0.29, 0.717) is 12.5 Å². The van der Waals surface area contributed by atoms with Gasteiger partial charge in [-0.05, 0) is 46.6 Å². The summed E-state index contributed by atoms with van der Waals surface area (Å²) in [6.45, 7) is 9.08. The minimum Gasteiger partial charge on any atom is -0.444 e. The first kappa shape index (κ1) is 16.5. The zero-order chi connectivity index (χ0) is 16.3. The second-order valence-electron chi connectivity index (χ2n) is 6.85. The van der Waals surface area contributed by atoms with Crippen LogP contribution in [-0.2, 0) is 4.74 Å². The zero-order valence-electron chi connectivity index (χ0n) is 14.2. The summed E-state index contributed by atoms with van der Waals surface area (Å²) in [6, 6.07) is 2.02. The van der Waals surface area contributed by atoms with Crippen molar-refractivity contribution in [3.8, 4) is 0 Å². The van der Waals surface area contributed by atoms with Crippen molar-refractivity contribution >= 4 is 12.0 Å². The van der Waals surface area contributed by atoms with Gasteiger partial charge in [0.05, 0.1) is 6.04 Å². The molecule has 0 saturated carbocycles. The van der Waals surface area contributed by atoms with E-state index < -0.39 is 5.60 Å². The van der Waals surface area contributed by atoms with E-state index in [1.54, 1.807) is 6.20 Å².